The van der Waals surface area contributed by atoms with Gasteiger partial charge in [-0.2, -0.15) is 0 Å². The van der Waals surface area contributed by atoms with Gasteiger partial charge in [0.05, 0.1) is 6.26 Å². The molecule has 0 saturated carbocycles. The molecule has 0 aliphatic carbocycles. The second-order valence-electron chi connectivity index (χ2n) is 0.525. The Morgan fingerprint density at radius 2 is 2.00 bits per heavy atom. The molecule has 0 unspecified atom stereocenters. The van der Waals surface area contributed by atoms with Crippen LogP contribution in [-0.4, -0.2) is 18.2 Å². The first kappa shape index (κ1) is 10.0. The Balaban J connectivity index is 0. The van der Waals surface area contributed by atoms with Gasteiger partial charge in [-0.3, -0.25) is 0 Å². The van der Waals surface area contributed by atoms with Gasteiger partial charge in [-0.05, 0) is 0 Å². The third kappa shape index (κ3) is 10.7. The lowest BCUT2D eigenvalue weighted by molar-refractivity contribution is 0.343. The predicted molar refractivity (Wildman–Crippen MR) is 28.4 cm³/mol. The van der Waals surface area contributed by atoms with Crippen LogP contribution in [0, 0.1) is 0 Å². The maximum absolute atomic E-state index is 7.88. The van der Waals surface area contributed by atoms with Crippen LogP contribution in [0.15, 0.2) is 12.8 Å². The smallest absolute Gasteiger partial charge is 0.390 e. The average molecular weight is 119 g/mol. The highest BCUT2D eigenvalue weighted by atomic mass is 31.2. The molecule has 2 N–H and O–H groups in total. The molecule has 3 radical (unpaired) electrons. The SMILES string of the molecule is C=COP(O)O.[B]. The van der Waals surface area contributed by atoms with E-state index in [-0.39, 0.29) is 8.41 Å². The van der Waals surface area contributed by atoms with Crippen molar-refractivity contribution in [2.45, 2.75) is 0 Å². The molecule has 39 valence electrons. The van der Waals surface area contributed by atoms with Gasteiger partial charge < -0.3 is 14.3 Å². The number of hydrogen-bond donors (Lipinski definition) is 2. The Bertz CT molecular complexity index is 48.2. The lowest BCUT2D eigenvalue weighted by Crippen LogP contribution is -1.66. The fourth-order valence-corrected chi connectivity index (χ4v) is 0.200. The van der Waals surface area contributed by atoms with Crippen LogP contribution in [-0.2, 0) is 4.52 Å². The van der Waals surface area contributed by atoms with Crippen molar-refractivity contribution >= 4 is 17.0 Å². The molecule has 0 aliphatic rings. The fraction of sp³-hybridized carbons (Fsp3) is 0. The first-order valence-electron chi connectivity index (χ1n) is 1.23. The molecule has 0 atom stereocenters. The lowest BCUT2D eigenvalue weighted by atomic mass is 10.8. The van der Waals surface area contributed by atoms with Gasteiger partial charge in [0.25, 0.3) is 0 Å². The van der Waals surface area contributed by atoms with Gasteiger partial charge in [0.1, 0.15) is 0 Å². The van der Waals surface area contributed by atoms with Crippen LogP contribution in [0.1, 0.15) is 0 Å². The van der Waals surface area contributed by atoms with Crippen LogP contribution in [0.25, 0.3) is 0 Å². The minimum Gasteiger partial charge on any atom is -0.436 e. The van der Waals surface area contributed by atoms with E-state index < -0.39 is 8.60 Å². The normalized spacial score (nSPS) is 7.29. The standard InChI is InChI=1S/C2H5O3P.B/c1-2-5-6(3)4;/h2-4H,1H2;. The lowest BCUT2D eigenvalue weighted by Gasteiger charge is -1.93. The molecule has 7 heavy (non-hydrogen) atoms. The zero-order valence-corrected chi connectivity index (χ0v) is 4.51. The molecule has 5 heteroatoms. The maximum Gasteiger partial charge on any atom is 0.390 e. The molecule has 0 spiro atoms. The molecule has 3 nitrogen and oxygen atoms in total. The van der Waals surface area contributed by atoms with Crippen molar-refractivity contribution in [3.63, 3.8) is 0 Å². The van der Waals surface area contributed by atoms with Crippen LogP contribution in [0.5, 0.6) is 0 Å². The summed E-state index contributed by atoms with van der Waals surface area (Å²) in [6, 6.07) is 0. The fourth-order valence-electron chi connectivity index (χ4n) is 0.0667. The van der Waals surface area contributed by atoms with Crippen molar-refractivity contribution in [2.75, 3.05) is 0 Å². The van der Waals surface area contributed by atoms with E-state index in [0.29, 0.717) is 0 Å². The summed E-state index contributed by atoms with van der Waals surface area (Å²) in [6.45, 7) is 3.07. The molecule has 0 saturated heterocycles. The predicted octanol–water partition coefficient (Wildman–Crippen LogP) is -0.0228. The van der Waals surface area contributed by atoms with Gasteiger partial charge in [0, 0.05) is 8.41 Å². The van der Waals surface area contributed by atoms with Crippen LogP contribution >= 0.6 is 8.60 Å². The van der Waals surface area contributed by atoms with E-state index in [0.717, 1.165) is 6.26 Å². The van der Waals surface area contributed by atoms with Gasteiger partial charge in [0.15, 0.2) is 0 Å². The highest BCUT2D eigenvalue weighted by Crippen LogP contribution is 2.23. The molecular formula is C2H5BO3P. The second-order valence-corrected chi connectivity index (χ2v) is 1.24. The van der Waals surface area contributed by atoms with Gasteiger partial charge in [0.2, 0.25) is 0 Å². The van der Waals surface area contributed by atoms with E-state index in [1.54, 1.807) is 0 Å². The zero-order chi connectivity index (χ0) is 4.99. The van der Waals surface area contributed by atoms with E-state index in [2.05, 4.69) is 11.1 Å². The van der Waals surface area contributed by atoms with Gasteiger partial charge in [-0.1, -0.05) is 6.58 Å². The van der Waals surface area contributed by atoms with Crippen molar-refractivity contribution in [3.8, 4) is 0 Å². The van der Waals surface area contributed by atoms with E-state index in [9.17, 15) is 0 Å². The summed E-state index contributed by atoms with van der Waals surface area (Å²) in [4.78, 5) is 15.8. The first-order chi connectivity index (χ1) is 2.77. The van der Waals surface area contributed by atoms with Crippen molar-refractivity contribution in [1.29, 1.82) is 0 Å². The molecular weight excluding hydrogens is 114 g/mol. The summed E-state index contributed by atoms with van der Waals surface area (Å²) in [5.41, 5.74) is 0. The molecule has 0 heterocycles. The summed E-state index contributed by atoms with van der Waals surface area (Å²) >= 11 is 0. The highest BCUT2D eigenvalue weighted by molar-refractivity contribution is 7.39. The summed E-state index contributed by atoms with van der Waals surface area (Å²) in [5, 5.41) is 0. The van der Waals surface area contributed by atoms with E-state index in [1.807, 2.05) is 0 Å². The Labute approximate surface area is 45.2 Å². The maximum atomic E-state index is 7.88. The Morgan fingerprint density at radius 1 is 1.57 bits per heavy atom. The van der Waals surface area contributed by atoms with Crippen molar-refractivity contribution < 1.29 is 14.3 Å². The van der Waals surface area contributed by atoms with E-state index >= 15 is 0 Å². The monoisotopic (exact) mass is 119 g/mol. The van der Waals surface area contributed by atoms with Crippen molar-refractivity contribution in [1.82, 2.24) is 0 Å². The minimum absolute atomic E-state index is 0. The van der Waals surface area contributed by atoms with Crippen LogP contribution in [0.3, 0.4) is 0 Å². The molecule has 0 amide bonds. The molecule has 0 fully saturated rings. The van der Waals surface area contributed by atoms with Crippen LogP contribution < -0.4 is 0 Å². The highest BCUT2D eigenvalue weighted by Gasteiger charge is 1.89. The molecule has 0 rings (SSSR count). The van der Waals surface area contributed by atoms with Crippen LogP contribution in [0.2, 0.25) is 0 Å². The second kappa shape index (κ2) is 5.95. The zero-order valence-electron chi connectivity index (χ0n) is 3.61. The summed E-state index contributed by atoms with van der Waals surface area (Å²) in [6.07, 6.45) is 0.978. The van der Waals surface area contributed by atoms with Crippen molar-refractivity contribution in [2.24, 2.45) is 0 Å². The summed E-state index contributed by atoms with van der Waals surface area (Å²) < 4.78 is 3.98. The number of hydrogen-bond acceptors (Lipinski definition) is 3. The van der Waals surface area contributed by atoms with Gasteiger partial charge in [-0.15, -0.1) is 0 Å². The molecule has 0 aromatic rings. The van der Waals surface area contributed by atoms with Gasteiger partial charge >= 0.3 is 8.60 Å². The van der Waals surface area contributed by atoms with Crippen molar-refractivity contribution in [3.05, 3.63) is 12.8 Å². The quantitative estimate of drug-likeness (QED) is 0.305. The molecule has 0 aromatic carbocycles. The number of rotatable bonds is 2. The average Bonchev–Trinajstić information content (AvgIpc) is 1.35. The summed E-state index contributed by atoms with van der Waals surface area (Å²) in [5.74, 6) is 0. The van der Waals surface area contributed by atoms with E-state index in [4.69, 9.17) is 9.79 Å². The molecule has 0 aliphatic heterocycles. The largest absolute Gasteiger partial charge is 0.436 e. The summed E-state index contributed by atoms with van der Waals surface area (Å²) in [7, 11) is -2.22. The Morgan fingerprint density at radius 3 is 2.00 bits per heavy atom. The molecule has 0 aromatic heterocycles. The van der Waals surface area contributed by atoms with Crippen LogP contribution in [0.4, 0.5) is 0 Å². The minimum atomic E-state index is -2.22. The van der Waals surface area contributed by atoms with Gasteiger partial charge in [-0.25, -0.2) is 0 Å². The topological polar surface area (TPSA) is 49.7 Å². The first-order valence-corrected chi connectivity index (χ1v) is 2.39. The third-order valence-corrected chi connectivity index (χ3v) is 0.506. The molecule has 0 bridgehead atoms. The Kier molecular flexibility index (Phi) is 8.55. The van der Waals surface area contributed by atoms with E-state index in [1.165, 1.54) is 0 Å². The Hall–Kier alpha value is -0.0451. The third-order valence-electron chi connectivity index (χ3n) is 0.169.